The number of fused-ring (bicyclic) bond motifs is 1. The summed E-state index contributed by atoms with van der Waals surface area (Å²) >= 11 is 3.27. The number of oxime groups is 1. The maximum atomic E-state index is 13.4. The summed E-state index contributed by atoms with van der Waals surface area (Å²) in [6.07, 6.45) is -1.83. The lowest BCUT2D eigenvalue weighted by Gasteiger charge is -2.49. The molecule has 2 aliphatic heterocycles. The largest absolute Gasteiger partial charge is 0.504 e. The van der Waals surface area contributed by atoms with Crippen LogP contribution in [0.4, 0.5) is 16.8 Å². The van der Waals surface area contributed by atoms with Crippen molar-refractivity contribution in [1.29, 1.82) is 0 Å². The number of thiazole rings is 1. The molecule has 11 N–H and O–H groups in total. The third-order valence-corrected chi connectivity index (χ3v) is 9.82. The highest BCUT2D eigenvalue weighted by Gasteiger charge is 2.54. The minimum atomic E-state index is -1.83. The van der Waals surface area contributed by atoms with Crippen molar-refractivity contribution in [1.82, 2.24) is 25.2 Å². The number of anilines is 3. The predicted molar refractivity (Wildman–Crippen MR) is 170 cm³/mol. The van der Waals surface area contributed by atoms with Crippen LogP contribution in [0.15, 0.2) is 45.2 Å². The van der Waals surface area contributed by atoms with E-state index in [0.717, 1.165) is 40.1 Å². The van der Waals surface area contributed by atoms with E-state index < -0.39 is 58.5 Å². The van der Waals surface area contributed by atoms with E-state index in [0.29, 0.717) is 11.1 Å². The summed E-state index contributed by atoms with van der Waals surface area (Å²) in [5.41, 5.74) is 17.4. The smallest absolute Gasteiger partial charge is 0.352 e. The van der Waals surface area contributed by atoms with Gasteiger partial charge in [0.05, 0.1) is 0 Å². The van der Waals surface area contributed by atoms with Crippen LogP contribution in [0.25, 0.3) is 0 Å². The Kier molecular flexibility index (Phi) is 9.31. The van der Waals surface area contributed by atoms with Gasteiger partial charge in [0, 0.05) is 28.0 Å². The van der Waals surface area contributed by atoms with E-state index in [9.17, 15) is 39.6 Å². The van der Waals surface area contributed by atoms with Crippen molar-refractivity contribution >= 4 is 81.1 Å². The molecular formula is C26H25N9O9S3. The fourth-order valence-electron chi connectivity index (χ4n) is 4.41. The fourth-order valence-corrected chi connectivity index (χ4v) is 7.30. The molecule has 21 heteroatoms. The Hall–Kier alpha value is -5.28. The summed E-state index contributed by atoms with van der Waals surface area (Å²) in [5.74, 6) is -5.00. The number of β-lactam (4-membered cyclic amide) rings is 1. The van der Waals surface area contributed by atoms with E-state index in [2.05, 4.69) is 25.4 Å². The molecule has 1 saturated heterocycles. The molecule has 47 heavy (non-hydrogen) atoms. The normalized spacial score (nSPS) is 18.3. The number of aromatic hydroxyl groups is 2. The van der Waals surface area contributed by atoms with Gasteiger partial charge < -0.3 is 47.8 Å². The van der Waals surface area contributed by atoms with Crippen LogP contribution in [0.3, 0.4) is 0 Å². The molecule has 18 nitrogen and oxygen atoms in total. The van der Waals surface area contributed by atoms with Gasteiger partial charge in [0.25, 0.3) is 11.8 Å². The average molecular weight is 704 g/mol. The average Bonchev–Trinajstić information content (AvgIpc) is 3.45. The van der Waals surface area contributed by atoms with E-state index in [1.54, 1.807) is 6.92 Å². The molecule has 1 aromatic carbocycles. The number of phenols is 2. The summed E-state index contributed by atoms with van der Waals surface area (Å²) in [4.78, 5) is 69.5. The maximum absolute atomic E-state index is 13.4. The molecule has 5 rings (SSSR count). The molecule has 0 radical (unpaired) electrons. The van der Waals surface area contributed by atoms with Gasteiger partial charge >= 0.3 is 11.9 Å². The number of benzene rings is 1. The highest BCUT2D eigenvalue weighted by Crippen LogP contribution is 2.41. The minimum Gasteiger partial charge on any atom is -0.504 e. The van der Waals surface area contributed by atoms with Gasteiger partial charge in [0.2, 0.25) is 6.10 Å². The number of aliphatic carboxylic acids is 2. The molecule has 0 spiro atoms. The molecule has 4 heterocycles. The molecule has 2 aromatic heterocycles. The van der Waals surface area contributed by atoms with E-state index in [4.69, 9.17) is 22.0 Å². The Labute approximate surface area is 276 Å². The molecule has 3 aromatic rings. The molecule has 3 atom stereocenters. The van der Waals surface area contributed by atoms with Crippen molar-refractivity contribution in [3.05, 3.63) is 51.7 Å². The number of nitrogens with zero attached hydrogens (tertiary/aromatic N) is 5. The van der Waals surface area contributed by atoms with Crippen molar-refractivity contribution in [3.63, 3.8) is 0 Å². The van der Waals surface area contributed by atoms with Gasteiger partial charge in [-0.25, -0.2) is 24.5 Å². The fraction of sp³-hybridized carbons (Fsp3) is 0.231. The minimum absolute atomic E-state index is 0.0514. The molecule has 2 aliphatic rings. The summed E-state index contributed by atoms with van der Waals surface area (Å²) in [7, 11) is 0. The van der Waals surface area contributed by atoms with E-state index in [1.165, 1.54) is 23.2 Å². The lowest BCUT2D eigenvalue weighted by Crippen LogP contribution is -2.71. The van der Waals surface area contributed by atoms with E-state index in [1.807, 2.05) is 0 Å². The summed E-state index contributed by atoms with van der Waals surface area (Å²) < 4.78 is 0. The first-order chi connectivity index (χ1) is 22.3. The lowest BCUT2D eigenvalue weighted by atomic mass is 10.0. The molecule has 2 amide bonds. The highest BCUT2D eigenvalue weighted by atomic mass is 32.2. The van der Waals surface area contributed by atoms with Crippen LogP contribution >= 0.6 is 34.9 Å². The summed E-state index contributed by atoms with van der Waals surface area (Å²) in [5, 5.41) is 46.2. The molecule has 0 bridgehead atoms. The number of nitrogens with one attached hydrogen (secondary N) is 1. The van der Waals surface area contributed by atoms with Gasteiger partial charge in [0.1, 0.15) is 34.4 Å². The topological polar surface area (TPSA) is 303 Å². The number of carboxylic acids is 2. The van der Waals surface area contributed by atoms with E-state index in [-0.39, 0.29) is 50.4 Å². The van der Waals surface area contributed by atoms with Gasteiger partial charge in [0.15, 0.2) is 27.5 Å². The first-order valence-electron chi connectivity index (χ1n) is 13.2. The van der Waals surface area contributed by atoms with Gasteiger partial charge in [-0.15, -0.1) is 23.1 Å². The van der Waals surface area contributed by atoms with Crippen molar-refractivity contribution in [3.8, 4) is 11.5 Å². The van der Waals surface area contributed by atoms with Crippen molar-refractivity contribution in [2.75, 3.05) is 28.7 Å². The number of carbonyl (C=O) groups is 4. The second-order valence-electron chi connectivity index (χ2n) is 9.89. The first-order valence-corrected chi connectivity index (χ1v) is 16.1. The van der Waals surface area contributed by atoms with Crippen LogP contribution in [0.1, 0.15) is 22.9 Å². The lowest BCUT2D eigenvalue weighted by molar-refractivity contribution is -0.151. The van der Waals surface area contributed by atoms with Crippen molar-refractivity contribution in [2.45, 2.75) is 29.6 Å². The highest BCUT2D eigenvalue weighted by molar-refractivity contribution is 8.01. The number of hydrogen-bond donors (Lipinski definition) is 8. The number of aromatic nitrogens is 3. The predicted octanol–water partition coefficient (Wildman–Crippen LogP) is 0.477. The summed E-state index contributed by atoms with van der Waals surface area (Å²) in [6, 6.07) is 1.99. The van der Waals surface area contributed by atoms with Crippen LogP contribution in [0, 0.1) is 6.92 Å². The van der Waals surface area contributed by atoms with Crippen LogP contribution in [-0.2, 0) is 24.0 Å². The Morgan fingerprint density at radius 2 is 1.85 bits per heavy atom. The number of nitrogens with two attached hydrogens (primary N) is 3. The number of nitrogen functional groups attached to an aromatic ring is 3. The molecule has 246 valence electrons. The number of thioether (sulfide) groups is 2. The zero-order chi connectivity index (χ0) is 34.2. The number of amides is 2. The van der Waals surface area contributed by atoms with E-state index >= 15 is 0 Å². The number of phenolic OH excluding ortho intramolecular Hbond substituents is 2. The molecular weight excluding hydrogens is 679 g/mol. The molecule has 0 saturated carbocycles. The number of rotatable bonds is 11. The van der Waals surface area contributed by atoms with Gasteiger partial charge in [-0.05, 0) is 24.6 Å². The number of carboxylic acid groups (broad SMARTS) is 2. The zero-order valence-electron chi connectivity index (χ0n) is 24.0. The number of carbonyl (C=O) groups excluding carboxylic acids is 2. The quantitative estimate of drug-likeness (QED) is 0.0336. The van der Waals surface area contributed by atoms with Crippen LogP contribution in [0.5, 0.6) is 11.5 Å². The van der Waals surface area contributed by atoms with Crippen LogP contribution in [-0.4, -0.2) is 92.7 Å². The third kappa shape index (κ3) is 6.66. The van der Waals surface area contributed by atoms with Crippen LogP contribution < -0.4 is 22.5 Å². The SMILES string of the molecule is Cc1c(N)nc(SCC2=C(C(=O)O)N3C(=O)C(NC(=O)/C(=N\O[C@H](C(=O)O)c4ccc(O)c(O)c4)c4csc(N)n4)[C@@H]3SC2)nc1N. The molecule has 1 unspecified atom stereocenters. The zero-order valence-corrected chi connectivity index (χ0v) is 26.4. The number of hydrogen-bond acceptors (Lipinski definition) is 17. The van der Waals surface area contributed by atoms with Crippen LogP contribution in [0.2, 0.25) is 0 Å². The second kappa shape index (κ2) is 13.2. The molecule has 0 aliphatic carbocycles. The molecule has 1 fully saturated rings. The second-order valence-corrected chi connectivity index (χ2v) is 12.8. The third-order valence-electron chi connectivity index (χ3n) is 6.87. The Morgan fingerprint density at radius 1 is 1.15 bits per heavy atom. The first kappa shape index (κ1) is 33.1. The van der Waals surface area contributed by atoms with Gasteiger partial charge in [-0.3, -0.25) is 14.5 Å². The Balaban J connectivity index is 1.35. The standard InChI is InChI=1S/C26H25N9O9S3/c1-8-18(27)32-26(33-19(8)28)47-6-10-5-45-22-15(21(39)35(22)16(10)23(40)41)31-20(38)14(11-7-46-25(29)30-11)34-44-17(24(42)43)9-2-3-12(36)13(37)4-9/h2-4,7,15,17,22,36-37H,5-6H2,1H3,(H2,29,30)(H,31,38)(H,40,41)(H,42,43)(H4,27,28,32,33)/b34-14-/t15?,17-,22-/m0/s1. The van der Waals surface area contributed by atoms with Gasteiger partial charge in [-0.1, -0.05) is 23.0 Å². The van der Waals surface area contributed by atoms with Crippen molar-refractivity contribution in [2.24, 2.45) is 5.16 Å². The van der Waals surface area contributed by atoms with Crippen molar-refractivity contribution < 1.29 is 44.4 Å². The summed E-state index contributed by atoms with van der Waals surface area (Å²) in [6.45, 7) is 1.66. The monoisotopic (exact) mass is 703 g/mol. The Morgan fingerprint density at radius 3 is 2.45 bits per heavy atom. The van der Waals surface area contributed by atoms with Gasteiger partial charge in [-0.2, -0.15) is 0 Å². The Bertz CT molecular complexity index is 1840. The maximum Gasteiger partial charge on any atom is 0.352 e.